The lowest BCUT2D eigenvalue weighted by Gasteiger charge is -2.05. The van der Waals surface area contributed by atoms with Gasteiger partial charge in [-0.25, -0.2) is 9.59 Å². The minimum atomic E-state index is -0.923. The van der Waals surface area contributed by atoms with Crippen LogP contribution in [0.3, 0.4) is 0 Å². The van der Waals surface area contributed by atoms with E-state index in [-0.39, 0.29) is 16.8 Å². The molecule has 0 fully saturated rings. The SMILES string of the molecule is COC(=O)COc1cccc(/C=C/C(=O)c2c(O)c(Br)c(C)oc2=O)c1. The predicted octanol–water partition coefficient (Wildman–Crippen LogP) is 2.86. The van der Waals surface area contributed by atoms with Crippen LogP contribution in [-0.2, 0) is 9.53 Å². The van der Waals surface area contributed by atoms with Gasteiger partial charge in [-0.3, -0.25) is 4.79 Å². The van der Waals surface area contributed by atoms with Crippen molar-refractivity contribution in [3.8, 4) is 11.5 Å². The third-order valence-electron chi connectivity index (χ3n) is 3.32. The van der Waals surface area contributed by atoms with Gasteiger partial charge in [0.15, 0.2) is 23.7 Å². The molecular formula is C18H15BrO7. The lowest BCUT2D eigenvalue weighted by molar-refractivity contribution is -0.142. The molecule has 1 N–H and O–H groups in total. The molecule has 0 spiro atoms. The number of carbonyl (C=O) groups is 2. The third kappa shape index (κ3) is 4.60. The highest BCUT2D eigenvalue weighted by molar-refractivity contribution is 9.10. The smallest absolute Gasteiger partial charge is 0.351 e. The Morgan fingerprint density at radius 2 is 2.08 bits per heavy atom. The normalized spacial score (nSPS) is 10.7. The van der Waals surface area contributed by atoms with Gasteiger partial charge in [0.1, 0.15) is 11.5 Å². The Morgan fingerprint density at radius 1 is 1.35 bits per heavy atom. The number of ether oxygens (including phenoxy) is 2. The summed E-state index contributed by atoms with van der Waals surface area (Å²) in [6.07, 6.45) is 2.58. The van der Waals surface area contributed by atoms with Crippen LogP contribution >= 0.6 is 15.9 Å². The monoisotopic (exact) mass is 422 g/mol. The van der Waals surface area contributed by atoms with Gasteiger partial charge >= 0.3 is 11.6 Å². The van der Waals surface area contributed by atoms with Gasteiger partial charge in [0.05, 0.1) is 11.6 Å². The van der Waals surface area contributed by atoms with Crippen molar-refractivity contribution in [3.63, 3.8) is 0 Å². The summed E-state index contributed by atoms with van der Waals surface area (Å²) in [5.41, 5.74) is -0.791. The number of esters is 1. The highest BCUT2D eigenvalue weighted by atomic mass is 79.9. The van der Waals surface area contributed by atoms with E-state index >= 15 is 0 Å². The van der Waals surface area contributed by atoms with Crippen LogP contribution in [0.2, 0.25) is 0 Å². The highest BCUT2D eigenvalue weighted by Crippen LogP contribution is 2.29. The molecule has 0 amide bonds. The summed E-state index contributed by atoms with van der Waals surface area (Å²) < 4.78 is 14.8. The molecule has 0 saturated carbocycles. The maximum absolute atomic E-state index is 12.2. The van der Waals surface area contributed by atoms with Crippen LogP contribution in [0.25, 0.3) is 6.08 Å². The molecule has 0 radical (unpaired) electrons. The molecule has 0 aliphatic heterocycles. The summed E-state index contributed by atoms with van der Waals surface area (Å²) in [4.78, 5) is 35.2. The van der Waals surface area contributed by atoms with E-state index < -0.39 is 28.7 Å². The number of aryl methyl sites for hydroxylation is 1. The fourth-order valence-corrected chi connectivity index (χ4v) is 2.27. The molecule has 8 heteroatoms. The minimum Gasteiger partial charge on any atom is -0.506 e. The van der Waals surface area contributed by atoms with Crippen LogP contribution in [0.1, 0.15) is 21.7 Å². The Balaban J connectivity index is 2.20. The van der Waals surface area contributed by atoms with Gasteiger partial charge in [-0.2, -0.15) is 0 Å². The van der Waals surface area contributed by atoms with Crippen molar-refractivity contribution in [2.24, 2.45) is 0 Å². The molecule has 26 heavy (non-hydrogen) atoms. The number of benzene rings is 1. The molecule has 0 aliphatic carbocycles. The quantitative estimate of drug-likeness (QED) is 0.433. The molecule has 1 aromatic carbocycles. The fourth-order valence-electron chi connectivity index (χ4n) is 1.99. The molecule has 1 heterocycles. The van der Waals surface area contributed by atoms with Gasteiger partial charge in [-0.1, -0.05) is 18.2 Å². The highest BCUT2D eigenvalue weighted by Gasteiger charge is 2.20. The van der Waals surface area contributed by atoms with E-state index in [1.54, 1.807) is 24.3 Å². The molecule has 0 aliphatic rings. The van der Waals surface area contributed by atoms with Crippen molar-refractivity contribution in [2.75, 3.05) is 13.7 Å². The summed E-state index contributed by atoms with van der Waals surface area (Å²) in [5, 5.41) is 9.99. The number of ketones is 1. The molecule has 0 unspecified atom stereocenters. The first-order chi connectivity index (χ1) is 12.3. The van der Waals surface area contributed by atoms with Crippen molar-refractivity contribution in [2.45, 2.75) is 6.92 Å². The van der Waals surface area contributed by atoms with Gasteiger partial charge in [-0.15, -0.1) is 0 Å². The Kier molecular flexibility index (Phi) is 6.35. The van der Waals surface area contributed by atoms with Gasteiger partial charge in [-0.05, 0) is 46.6 Å². The topological polar surface area (TPSA) is 103 Å². The number of rotatable bonds is 6. The molecule has 2 rings (SSSR count). The third-order valence-corrected chi connectivity index (χ3v) is 4.25. The Labute approximate surface area is 157 Å². The standard InChI is InChI=1S/C18H15BrO7/c1-10-16(19)17(22)15(18(23)26-10)13(20)7-6-11-4-3-5-12(8-11)25-9-14(21)24-2/h3-8,22H,9H2,1-2H3/b7-6+. The van der Waals surface area contributed by atoms with E-state index in [0.717, 1.165) is 6.08 Å². The van der Waals surface area contributed by atoms with Crippen molar-refractivity contribution < 1.29 is 28.6 Å². The molecule has 0 saturated heterocycles. The number of halogens is 1. The van der Waals surface area contributed by atoms with E-state index in [2.05, 4.69) is 20.7 Å². The van der Waals surface area contributed by atoms with Gasteiger partial charge in [0, 0.05) is 0 Å². The average molecular weight is 423 g/mol. The summed E-state index contributed by atoms with van der Waals surface area (Å²) >= 11 is 3.06. The number of carbonyl (C=O) groups excluding carboxylic acids is 2. The van der Waals surface area contributed by atoms with Crippen LogP contribution < -0.4 is 10.4 Å². The van der Waals surface area contributed by atoms with Crippen molar-refractivity contribution in [3.05, 3.63) is 62.1 Å². The molecule has 136 valence electrons. The van der Waals surface area contributed by atoms with Crippen molar-refractivity contribution in [1.82, 2.24) is 0 Å². The maximum Gasteiger partial charge on any atom is 0.351 e. The van der Waals surface area contributed by atoms with E-state index in [9.17, 15) is 19.5 Å². The first kappa shape index (κ1) is 19.5. The lowest BCUT2D eigenvalue weighted by atomic mass is 10.1. The fraction of sp³-hybridized carbons (Fsp3) is 0.167. The van der Waals surface area contributed by atoms with Crippen LogP contribution in [-0.4, -0.2) is 30.6 Å². The largest absolute Gasteiger partial charge is 0.506 e. The second-order valence-corrected chi connectivity index (χ2v) is 5.91. The first-order valence-corrected chi connectivity index (χ1v) is 8.17. The van der Waals surface area contributed by atoms with E-state index in [0.29, 0.717) is 11.3 Å². The van der Waals surface area contributed by atoms with Crippen LogP contribution in [0.4, 0.5) is 0 Å². The predicted molar refractivity (Wildman–Crippen MR) is 96.4 cm³/mol. The zero-order valence-corrected chi connectivity index (χ0v) is 15.5. The summed E-state index contributed by atoms with van der Waals surface area (Å²) in [6.45, 7) is 1.24. The van der Waals surface area contributed by atoms with E-state index in [1.165, 1.54) is 20.1 Å². The van der Waals surface area contributed by atoms with Gasteiger partial charge < -0.3 is 19.0 Å². The van der Waals surface area contributed by atoms with Crippen molar-refractivity contribution >= 4 is 33.8 Å². The minimum absolute atomic E-state index is 0.145. The maximum atomic E-state index is 12.2. The number of allylic oxidation sites excluding steroid dienone is 1. The Hall–Kier alpha value is -2.87. The number of aromatic hydroxyl groups is 1. The second-order valence-electron chi connectivity index (χ2n) is 5.12. The van der Waals surface area contributed by atoms with Gasteiger partial charge in [0.2, 0.25) is 0 Å². The number of hydrogen-bond donors (Lipinski definition) is 1. The molecule has 0 atom stereocenters. The lowest BCUT2D eigenvalue weighted by Crippen LogP contribution is -2.13. The Bertz CT molecular complexity index is 928. The average Bonchev–Trinajstić information content (AvgIpc) is 2.63. The zero-order chi connectivity index (χ0) is 19.3. The van der Waals surface area contributed by atoms with E-state index in [4.69, 9.17) is 9.15 Å². The summed E-state index contributed by atoms with van der Waals surface area (Å²) in [6, 6.07) is 6.60. The van der Waals surface area contributed by atoms with Crippen LogP contribution in [0, 0.1) is 6.92 Å². The van der Waals surface area contributed by atoms with E-state index in [1.807, 2.05) is 0 Å². The molecule has 2 aromatic rings. The number of hydrogen-bond acceptors (Lipinski definition) is 7. The molecule has 0 bridgehead atoms. The molecule has 7 nitrogen and oxygen atoms in total. The Morgan fingerprint density at radius 3 is 2.77 bits per heavy atom. The molecular weight excluding hydrogens is 408 g/mol. The first-order valence-electron chi connectivity index (χ1n) is 7.37. The van der Waals surface area contributed by atoms with Crippen LogP contribution in [0.5, 0.6) is 11.5 Å². The zero-order valence-electron chi connectivity index (χ0n) is 13.9. The van der Waals surface area contributed by atoms with Gasteiger partial charge in [0.25, 0.3) is 0 Å². The summed E-state index contributed by atoms with van der Waals surface area (Å²) in [5.74, 6) is -1.12. The number of methoxy groups -OCH3 is 1. The van der Waals surface area contributed by atoms with Crippen LogP contribution in [0.15, 0.2) is 44.0 Å². The second kappa shape index (κ2) is 8.48. The summed E-state index contributed by atoms with van der Waals surface area (Å²) in [7, 11) is 1.26. The van der Waals surface area contributed by atoms with Crippen molar-refractivity contribution in [1.29, 1.82) is 0 Å². The molecule has 1 aromatic heterocycles.